The van der Waals surface area contributed by atoms with Gasteiger partial charge in [0.15, 0.2) is 11.6 Å². The van der Waals surface area contributed by atoms with Gasteiger partial charge in [0.25, 0.3) is 0 Å². The molecule has 0 N–H and O–H groups in total. The van der Waals surface area contributed by atoms with E-state index in [1.807, 2.05) is 31.2 Å². The van der Waals surface area contributed by atoms with Crippen LogP contribution in [0.15, 0.2) is 42.5 Å². The van der Waals surface area contributed by atoms with Crippen molar-refractivity contribution >= 4 is 0 Å². The second-order valence-corrected chi connectivity index (χ2v) is 3.79. The number of benzene rings is 2. The molecule has 0 saturated heterocycles. The van der Waals surface area contributed by atoms with E-state index in [4.69, 9.17) is 4.74 Å². The van der Waals surface area contributed by atoms with Crippen molar-refractivity contribution in [1.82, 2.24) is 0 Å². The summed E-state index contributed by atoms with van der Waals surface area (Å²) in [6, 6.07) is 11.3. The molecule has 2 aromatic rings. The maximum Gasteiger partial charge on any atom is 0.162 e. The summed E-state index contributed by atoms with van der Waals surface area (Å²) in [5.74, 6) is -1.44. The number of ether oxygens (including phenoxy) is 1. The van der Waals surface area contributed by atoms with Crippen LogP contribution in [0.4, 0.5) is 8.78 Å². The number of hydrogen-bond donors (Lipinski definition) is 0. The first-order chi connectivity index (χ1) is 8.16. The van der Waals surface area contributed by atoms with Crippen LogP contribution in [0.1, 0.15) is 11.1 Å². The summed E-state index contributed by atoms with van der Waals surface area (Å²) in [5, 5.41) is 0. The molecule has 88 valence electrons. The van der Waals surface area contributed by atoms with Crippen LogP contribution in [0.3, 0.4) is 0 Å². The molecule has 1 nitrogen and oxygen atoms in total. The predicted molar refractivity (Wildman–Crippen MR) is 61.9 cm³/mol. The molecule has 0 bridgehead atoms. The molecular formula is C14H12F2O. The highest BCUT2D eigenvalue weighted by atomic mass is 19.2. The first kappa shape index (κ1) is 11.6. The third-order valence-electron chi connectivity index (χ3n) is 2.55. The summed E-state index contributed by atoms with van der Waals surface area (Å²) in [6.45, 7) is 2.32. The number of aryl methyl sites for hydroxylation is 1. The van der Waals surface area contributed by atoms with E-state index in [9.17, 15) is 8.78 Å². The molecule has 0 saturated carbocycles. The van der Waals surface area contributed by atoms with Crippen LogP contribution >= 0.6 is 0 Å². The van der Waals surface area contributed by atoms with Crippen LogP contribution in [0.5, 0.6) is 5.75 Å². The Kier molecular flexibility index (Phi) is 3.38. The molecule has 0 aliphatic heterocycles. The van der Waals surface area contributed by atoms with E-state index in [2.05, 4.69) is 0 Å². The normalized spacial score (nSPS) is 10.3. The van der Waals surface area contributed by atoms with Gasteiger partial charge in [0.2, 0.25) is 0 Å². The Morgan fingerprint density at radius 1 is 1.00 bits per heavy atom. The predicted octanol–water partition coefficient (Wildman–Crippen LogP) is 3.85. The molecular weight excluding hydrogens is 222 g/mol. The molecule has 0 fully saturated rings. The zero-order chi connectivity index (χ0) is 12.3. The molecule has 0 radical (unpaired) electrons. The van der Waals surface area contributed by atoms with Crippen molar-refractivity contribution in [1.29, 1.82) is 0 Å². The van der Waals surface area contributed by atoms with Gasteiger partial charge in [-0.25, -0.2) is 8.78 Å². The van der Waals surface area contributed by atoms with Crippen LogP contribution in [0.2, 0.25) is 0 Å². The molecule has 3 heteroatoms. The summed E-state index contributed by atoms with van der Waals surface area (Å²) in [6.07, 6.45) is 0. The largest absolute Gasteiger partial charge is 0.489 e. The van der Waals surface area contributed by atoms with Gasteiger partial charge < -0.3 is 4.74 Å². The molecule has 0 aliphatic rings. The number of hydrogen-bond acceptors (Lipinski definition) is 1. The average Bonchev–Trinajstić information content (AvgIpc) is 2.32. The molecule has 0 aliphatic carbocycles. The minimum absolute atomic E-state index is 0.326. The van der Waals surface area contributed by atoms with E-state index in [1.54, 1.807) is 0 Å². The van der Waals surface area contributed by atoms with E-state index in [0.717, 1.165) is 23.3 Å². The van der Waals surface area contributed by atoms with Gasteiger partial charge in [0, 0.05) is 6.07 Å². The standard InChI is InChI=1S/C14H12F2O/c1-10-4-2-3-5-11(10)9-17-12-6-7-13(15)14(16)8-12/h2-8H,9H2,1H3. The van der Waals surface area contributed by atoms with Crippen molar-refractivity contribution < 1.29 is 13.5 Å². The second kappa shape index (κ2) is 4.95. The first-order valence-corrected chi connectivity index (χ1v) is 5.29. The summed E-state index contributed by atoms with van der Waals surface area (Å²) in [4.78, 5) is 0. The maximum absolute atomic E-state index is 12.9. The highest BCUT2D eigenvalue weighted by molar-refractivity contribution is 5.27. The lowest BCUT2D eigenvalue weighted by atomic mass is 10.1. The zero-order valence-corrected chi connectivity index (χ0v) is 9.41. The van der Waals surface area contributed by atoms with E-state index in [0.29, 0.717) is 12.4 Å². The Hall–Kier alpha value is -1.90. The van der Waals surface area contributed by atoms with Crippen LogP contribution in [-0.4, -0.2) is 0 Å². The van der Waals surface area contributed by atoms with Gasteiger partial charge in [-0.1, -0.05) is 24.3 Å². The summed E-state index contributed by atoms with van der Waals surface area (Å²) in [5.41, 5.74) is 2.13. The van der Waals surface area contributed by atoms with Gasteiger partial charge in [0.1, 0.15) is 12.4 Å². The lowest BCUT2D eigenvalue weighted by Crippen LogP contribution is -1.98. The third kappa shape index (κ3) is 2.81. The quantitative estimate of drug-likeness (QED) is 0.783. The van der Waals surface area contributed by atoms with Crippen LogP contribution in [0, 0.1) is 18.6 Å². The minimum Gasteiger partial charge on any atom is -0.489 e. The summed E-state index contributed by atoms with van der Waals surface area (Å²) >= 11 is 0. The van der Waals surface area contributed by atoms with E-state index < -0.39 is 11.6 Å². The smallest absolute Gasteiger partial charge is 0.162 e. The molecule has 0 spiro atoms. The van der Waals surface area contributed by atoms with Gasteiger partial charge in [-0.3, -0.25) is 0 Å². The van der Waals surface area contributed by atoms with Gasteiger partial charge in [-0.05, 0) is 30.2 Å². The maximum atomic E-state index is 12.9. The minimum atomic E-state index is -0.896. The summed E-state index contributed by atoms with van der Waals surface area (Å²) < 4.78 is 31.0. The van der Waals surface area contributed by atoms with E-state index in [-0.39, 0.29) is 0 Å². The van der Waals surface area contributed by atoms with Gasteiger partial charge in [0.05, 0.1) is 0 Å². The van der Waals surface area contributed by atoms with Crippen molar-refractivity contribution in [2.45, 2.75) is 13.5 Å². The topological polar surface area (TPSA) is 9.23 Å². The zero-order valence-electron chi connectivity index (χ0n) is 9.41. The SMILES string of the molecule is Cc1ccccc1COc1ccc(F)c(F)c1. The van der Waals surface area contributed by atoms with Crippen molar-refractivity contribution in [3.8, 4) is 5.75 Å². The highest BCUT2D eigenvalue weighted by Gasteiger charge is 2.04. The molecule has 0 unspecified atom stereocenters. The monoisotopic (exact) mass is 234 g/mol. The molecule has 0 amide bonds. The Bertz CT molecular complexity index is 523. The van der Waals surface area contributed by atoms with Crippen molar-refractivity contribution in [3.05, 3.63) is 65.2 Å². The fraction of sp³-hybridized carbons (Fsp3) is 0.143. The average molecular weight is 234 g/mol. The van der Waals surface area contributed by atoms with Gasteiger partial charge in [-0.15, -0.1) is 0 Å². The molecule has 0 heterocycles. The Balaban J connectivity index is 2.08. The Morgan fingerprint density at radius 2 is 1.76 bits per heavy atom. The molecule has 2 rings (SSSR count). The molecule has 2 aromatic carbocycles. The van der Waals surface area contributed by atoms with Crippen LogP contribution < -0.4 is 4.74 Å². The highest BCUT2D eigenvalue weighted by Crippen LogP contribution is 2.17. The number of rotatable bonds is 3. The third-order valence-corrected chi connectivity index (χ3v) is 2.55. The fourth-order valence-electron chi connectivity index (χ4n) is 1.50. The van der Waals surface area contributed by atoms with Crippen LogP contribution in [0.25, 0.3) is 0 Å². The van der Waals surface area contributed by atoms with Crippen LogP contribution in [-0.2, 0) is 6.61 Å². The van der Waals surface area contributed by atoms with Crippen molar-refractivity contribution in [2.24, 2.45) is 0 Å². The van der Waals surface area contributed by atoms with E-state index >= 15 is 0 Å². The molecule has 17 heavy (non-hydrogen) atoms. The van der Waals surface area contributed by atoms with E-state index in [1.165, 1.54) is 6.07 Å². The second-order valence-electron chi connectivity index (χ2n) is 3.79. The fourth-order valence-corrected chi connectivity index (χ4v) is 1.50. The van der Waals surface area contributed by atoms with Crippen molar-refractivity contribution in [2.75, 3.05) is 0 Å². The molecule has 0 atom stereocenters. The van der Waals surface area contributed by atoms with Crippen molar-refractivity contribution in [3.63, 3.8) is 0 Å². The lowest BCUT2D eigenvalue weighted by molar-refractivity contribution is 0.302. The van der Waals surface area contributed by atoms with Gasteiger partial charge in [-0.2, -0.15) is 0 Å². The Morgan fingerprint density at radius 3 is 2.47 bits per heavy atom. The Labute approximate surface area is 98.7 Å². The molecule has 0 aromatic heterocycles. The number of halogens is 2. The first-order valence-electron chi connectivity index (χ1n) is 5.29. The lowest BCUT2D eigenvalue weighted by Gasteiger charge is -2.08. The van der Waals surface area contributed by atoms with Gasteiger partial charge >= 0.3 is 0 Å². The summed E-state index contributed by atoms with van der Waals surface area (Å²) in [7, 11) is 0.